The largest absolute Gasteiger partial charge is 0.452 e. The zero-order valence-corrected chi connectivity index (χ0v) is 36.6. The lowest BCUT2D eigenvalue weighted by atomic mass is 10.1. The van der Waals surface area contributed by atoms with Crippen molar-refractivity contribution in [2.75, 3.05) is 0 Å². The highest BCUT2D eigenvalue weighted by Gasteiger charge is 2.23. The number of furan rings is 2. The number of hydrogen-bond donors (Lipinski definition) is 0. The molecule has 0 bridgehead atoms. The number of halogens is 1. The topological polar surface area (TPSA) is 87.7 Å². The van der Waals surface area contributed by atoms with Gasteiger partial charge in [0.05, 0.1) is 25.6 Å². The molecule has 0 N–H and O–H groups in total. The lowest BCUT2D eigenvalue weighted by molar-refractivity contribution is 0.664. The van der Waals surface area contributed by atoms with Crippen molar-refractivity contribution in [1.29, 1.82) is 0 Å². The average molecular weight is 949 g/mol. The Morgan fingerprint density at radius 3 is 1.20 bits per heavy atom. The standard InChI is InChI=1S/C28H16IN3O.C28H17N3O/c29-21-14-8-13-20-25-27(33-26(20)21)24(17-9-2-1-3-10-17)30-28(31-25)32-22-15-6-4-11-18(22)19-12-5-7-16-23(19)32;1-2-10-18(11-3-1)25-27-26(21-14-6-9-17-24(21)32-27)30-28(29-25)31-22-15-7-4-12-19(22)20-13-5-8-16-23(20)31/h1-16H;1-17H. The third kappa shape index (κ3) is 5.96. The van der Waals surface area contributed by atoms with Gasteiger partial charge >= 0.3 is 0 Å². The molecule has 0 atom stereocenters. The van der Waals surface area contributed by atoms with Gasteiger partial charge in [-0.15, -0.1) is 0 Å². The molecule has 306 valence electrons. The van der Waals surface area contributed by atoms with Crippen molar-refractivity contribution in [2.24, 2.45) is 0 Å². The van der Waals surface area contributed by atoms with Crippen LogP contribution in [0.3, 0.4) is 0 Å². The van der Waals surface area contributed by atoms with Gasteiger partial charge in [0.1, 0.15) is 28.0 Å². The Morgan fingerprint density at radius 2 is 0.708 bits per heavy atom. The smallest absolute Gasteiger partial charge is 0.236 e. The monoisotopic (exact) mass is 948 g/mol. The predicted octanol–water partition coefficient (Wildman–Crippen LogP) is 14.9. The molecule has 0 radical (unpaired) electrons. The molecule has 9 heteroatoms. The summed E-state index contributed by atoms with van der Waals surface area (Å²) >= 11 is 2.31. The van der Waals surface area contributed by atoms with E-state index >= 15 is 0 Å². The van der Waals surface area contributed by atoms with Gasteiger partial charge in [0.25, 0.3) is 0 Å². The van der Waals surface area contributed by atoms with Crippen molar-refractivity contribution >= 4 is 110 Å². The van der Waals surface area contributed by atoms with Gasteiger partial charge in [-0.2, -0.15) is 0 Å². The van der Waals surface area contributed by atoms with E-state index in [4.69, 9.17) is 28.8 Å². The summed E-state index contributed by atoms with van der Waals surface area (Å²) in [5.41, 5.74) is 12.7. The summed E-state index contributed by atoms with van der Waals surface area (Å²) in [6, 6.07) is 68.2. The molecule has 0 spiro atoms. The molecule has 0 fully saturated rings. The third-order valence-electron chi connectivity index (χ3n) is 12.1. The van der Waals surface area contributed by atoms with Crippen LogP contribution in [0.1, 0.15) is 0 Å². The number of hydrogen-bond acceptors (Lipinski definition) is 6. The normalized spacial score (nSPS) is 11.8. The van der Waals surface area contributed by atoms with Crippen molar-refractivity contribution in [3.05, 3.63) is 204 Å². The van der Waals surface area contributed by atoms with Gasteiger partial charge in [-0.05, 0) is 71.1 Å². The summed E-state index contributed by atoms with van der Waals surface area (Å²) in [5, 5.41) is 6.73. The molecule has 6 aromatic heterocycles. The second kappa shape index (κ2) is 15.0. The van der Waals surface area contributed by atoms with Crippen LogP contribution in [0.2, 0.25) is 0 Å². The van der Waals surface area contributed by atoms with Gasteiger partial charge in [-0.25, -0.2) is 19.9 Å². The second-order valence-corrected chi connectivity index (χ2v) is 17.1. The summed E-state index contributed by atoms with van der Waals surface area (Å²) in [6.07, 6.45) is 0. The van der Waals surface area contributed by atoms with Crippen molar-refractivity contribution in [3.63, 3.8) is 0 Å². The average Bonchev–Trinajstić information content (AvgIpc) is 4.13. The lowest BCUT2D eigenvalue weighted by Crippen LogP contribution is -2.02. The number of fused-ring (bicyclic) bond motifs is 12. The Kier molecular flexibility index (Phi) is 8.63. The van der Waals surface area contributed by atoms with E-state index in [1.54, 1.807) is 0 Å². The van der Waals surface area contributed by atoms with Gasteiger partial charge in [-0.1, -0.05) is 152 Å². The van der Waals surface area contributed by atoms with Crippen molar-refractivity contribution < 1.29 is 8.83 Å². The molecule has 6 heterocycles. The van der Waals surface area contributed by atoms with Crippen LogP contribution in [0.25, 0.3) is 122 Å². The zero-order valence-electron chi connectivity index (χ0n) is 34.4. The van der Waals surface area contributed by atoms with E-state index < -0.39 is 0 Å². The Labute approximate surface area is 384 Å². The molecule has 8 aromatic carbocycles. The minimum Gasteiger partial charge on any atom is -0.452 e. The minimum absolute atomic E-state index is 0.639. The van der Waals surface area contributed by atoms with Gasteiger partial charge in [0, 0.05) is 43.4 Å². The maximum atomic E-state index is 6.37. The van der Waals surface area contributed by atoms with E-state index in [1.165, 1.54) is 21.5 Å². The molecular weight excluding hydrogens is 916 g/mol. The van der Waals surface area contributed by atoms with Crippen molar-refractivity contribution in [3.8, 4) is 34.4 Å². The van der Waals surface area contributed by atoms with Crippen molar-refractivity contribution in [1.82, 2.24) is 29.1 Å². The Balaban J connectivity index is 0.000000130. The molecule has 0 unspecified atom stereocenters. The van der Waals surface area contributed by atoms with E-state index in [1.807, 2.05) is 60.7 Å². The Morgan fingerprint density at radius 1 is 0.323 bits per heavy atom. The molecule has 8 nitrogen and oxygen atoms in total. The zero-order chi connectivity index (χ0) is 43.0. The fourth-order valence-electron chi connectivity index (χ4n) is 9.26. The molecule has 0 aliphatic carbocycles. The first-order valence-electron chi connectivity index (χ1n) is 21.3. The predicted molar refractivity (Wildman–Crippen MR) is 271 cm³/mol. The second-order valence-electron chi connectivity index (χ2n) is 15.9. The summed E-state index contributed by atoms with van der Waals surface area (Å²) in [6.45, 7) is 0. The highest BCUT2D eigenvalue weighted by molar-refractivity contribution is 14.1. The molecule has 65 heavy (non-hydrogen) atoms. The maximum absolute atomic E-state index is 6.37. The minimum atomic E-state index is 0.639. The molecule has 0 saturated carbocycles. The molecule has 0 amide bonds. The number of aromatic nitrogens is 6. The molecular formula is C56H33IN6O2. The maximum Gasteiger partial charge on any atom is 0.236 e. The number of benzene rings is 8. The summed E-state index contributed by atoms with van der Waals surface area (Å²) in [5.74, 6) is 1.28. The van der Waals surface area contributed by atoms with Crippen LogP contribution >= 0.6 is 22.6 Å². The van der Waals surface area contributed by atoms with Crippen LogP contribution in [0.15, 0.2) is 209 Å². The number of rotatable bonds is 4. The summed E-state index contributed by atoms with van der Waals surface area (Å²) in [4.78, 5) is 20.3. The summed E-state index contributed by atoms with van der Waals surface area (Å²) < 4.78 is 18.0. The molecule has 0 aliphatic rings. The van der Waals surface area contributed by atoms with Gasteiger partial charge < -0.3 is 8.83 Å². The molecule has 14 rings (SSSR count). The number of nitrogens with zero attached hydrogens (tertiary/aromatic N) is 6. The van der Waals surface area contributed by atoms with E-state index in [-0.39, 0.29) is 0 Å². The highest BCUT2D eigenvalue weighted by Crippen LogP contribution is 2.39. The Bertz CT molecular complexity index is 4040. The fraction of sp³-hybridized carbons (Fsp3) is 0. The number of para-hydroxylation sites is 6. The van der Waals surface area contributed by atoms with Gasteiger partial charge in [0.2, 0.25) is 11.9 Å². The van der Waals surface area contributed by atoms with E-state index in [0.29, 0.717) is 23.1 Å². The van der Waals surface area contributed by atoms with Crippen LogP contribution in [0.5, 0.6) is 0 Å². The summed E-state index contributed by atoms with van der Waals surface area (Å²) in [7, 11) is 0. The lowest BCUT2D eigenvalue weighted by Gasteiger charge is -2.09. The van der Waals surface area contributed by atoms with E-state index in [9.17, 15) is 0 Å². The van der Waals surface area contributed by atoms with Crippen LogP contribution in [0, 0.1) is 3.57 Å². The first-order valence-corrected chi connectivity index (χ1v) is 22.4. The third-order valence-corrected chi connectivity index (χ3v) is 13.0. The van der Waals surface area contributed by atoms with E-state index in [0.717, 1.165) is 81.1 Å². The van der Waals surface area contributed by atoms with Crippen molar-refractivity contribution in [2.45, 2.75) is 0 Å². The molecule has 0 saturated heterocycles. The SMILES string of the molecule is Ic1cccc2c1oc1c(-c3ccccc3)nc(-n3c4ccccc4c4ccccc43)nc12.c1ccc(-c2nc(-n3c4ccccc4c4ccccc43)nc3c2oc2ccccc23)cc1. The Hall–Kier alpha value is -8.15. The van der Waals surface area contributed by atoms with Crippen LogP contribution < -0.4 is 0 Å². The van der Waals surface area contributed by atoms with Gasteiger partial charge in [0.15, 0.2) is 16.7 Å². The van der Waals surface area contributed by atoms with Crippen LogP contribution in [-0.4, -0.2) is 29.1 Å². The first kappa shape index (κ1) is 37.4. The molecule has 0 aliphatic heterocycles. The van der Waals surface area contributed by atoms with Crippen LogP contribution in [0.4, 0.5) is 0 Å². The fourth-order valence-corrected chi connectivity index (χ4v) is 9.87. The van der Waals surface area contributed by atoms with Crippen LogP contribution in [-0.2, 0) is 0 Å². The first-order chi connectivity index (χ1) is 32.2. The van der Waals surface area contributed by atoms with E-state index in [2.05, 4.69) is 171 Å². The quantitative estimate of drug-likeness (QED) is 0.163. The molecule has 14 aromatic rings. The highest BCUT2D eigenvalue weighted by atomic mass is 127. The van der Waals surface area contributed by atoms with Gasteiger partial charge in [-0.3, -0.25) is 9.13 Å².